The van der Waals surface area contributed by atoms with Gasteiger partial charge in [0.15, 0.2) is 5.78 Å². The molecule has 0 saturated heterocycles. The minimum absolute atomic E-state index is 0.0907. The number of rotatable bonds is 0. The molecule has 0 aromatic rings. The molecule has 1 fully saturated rings. The second kappa shape index (κ2) is 2.56. The number of hydrogen-bond acceptors (Lipinski definition) is 2. The Morgan fingerprint density at radius 1 is 1.42 bits per heavy atom. The molecule has 2 aliphatic carbocycles. The molecule has 1 unspecified atom stereocenters. The molecule has 1 saturated carbocycles. The second-order valence-corrected chi connectivity index (χ2v) is 3.65. The summed E-state index contributed by atoms with van der Waals surface area (Å²) < 4.78 is 0. The van der Waals surface area contributed by atoms with Crippen molar-refractivity contribution < 1.29 is 4.79 Å². The van der Waals surface area contributed by atoms with Crippen LogP contribution >= 0.6 is 0 Å². The van der Waals surface area contributed by atoms with Gasteiger partial charge in [0.2, 0.25) is 0 Å². The first kappa shape index (κ1) is 7.74. The van der Waals surface area contributed by atoms with Crippen LogP contribution in [0.4, 0.5) is 0 Å². The summed E-state index contributed by atoms with van der Waals surface area (Å²) in [6.07, 6.45) is 9.49. The van der Waals surface area contributed by atoms with Crippen molar-refractivity contribution in [3.63, 3.8) is 0 Å². The van der Waals surface area contributed by atoms with Crippen LogP contribution in [-0.2, 0) is 4.79 Å². The van der Waals surface area contributed by atoms with Crippen molar-refractivity contribution in [3.05, 3.63) is 23.8 Å². The monoisotopic (exact) mass is 163 g/mol. The van der Waals surface area contributed by atoms with Gasteiger partial charge in [-0.2, -0.15) is 0 Å². The molecule has 0 bridgehead atoms. The van der Waals surface area contributed by atoms with E-state index < -0.39 is 0 Å². The summed E-state index contributed by atoms with van der Waals surface area (Å²) in [5.74, 6) is 0.0907. The third-order valence-electron chi connectivity index (χ3n) is 2.75. The van der Waals surface area contributed by atoms with Gasteiger partial charge in [-0.25, -0.2) is 0 Å². The lowest BCUT2D eigenvalue weighted by Gasteiger charge is -2.35. The van der Waals surface area contributed by atoms with E-state index in [2.05, 4.69) is 0 Å². The molecule has 0 spiro atoms. The smallest absolute Gasteiger partial charge is 0.178 e. The summed E-state index contributed by atoms with van der Waals surface area (Å²) in [4.78, 5) is 11.0. The predicted octanol–water partition coefficient (Wildman–Crippen LogP) is 1.32. The van der Waals surface area contributed by atoms with E-state index in [0.717, 1.165) is 18.4 Å². The average Bonchev–Trinajstić information content (AvgIpc) is 2.06. The van der Waals surface area contributed by atoms with Crippen molar-refractivity contribution in [1.82, 2.24) is 0 Å². The number of carbonyl (C=O) groups is 1. The Kier molecular flexibility index (Phi) is 1.65. The molecule has 2 aliphatic rings. The van der Waals surface area contributed by atoms with Crippen molar-refractivity contribution in [2.24, 2.45) is 5.73 Å². The lowest BCUT2D eigenvalue weighted by Crippen LogP contribution is -2.43. The maximum atomic E-state index is 11.0. The third-order valence-corrected chi connectivity index (χ3v) is 2.75. The minimum Gasteiger partial charge on any atom is -0.318 e. The van der Waals surface area contributed by atoms with Gasteiger partial charge in [0.25, 0.3) is 0 Å². The van der Waals surface area contributed by atoms with Gasteiger partial charge in [-0.15, -0.1) is 0 Å². The van der Waals surface area contributed by atoms with Crippen molar-refractivity contribution in [1.29, 1.82) is 0 Å². The summed E-state index contributed by atoms with van der Waals surface area (Å²) >= 11 is 0. The fourth-order valence-electron chi connectivity index (χ4n) is 1.97. The molecular formula is C10H13NO. The zero-order valence-corrected chi connectivity index (χ0v) is 7.05. The molecule has 1 atom stereocenters. The third kappa shape index (κ3) is 1.12. The largest absolute Gasteiger partial charge is 0.318 e. The van der Waals surface area contributed by atoms with E-state index >= 15 is 0 Å². The quantitative estimate of drug-likeness (QED) is 0.585. The average molecular weight is 163 g/mol. The number of hydrogen-bond donors (Lipinski definition) is 1. The van der Waals surface area contributed by atoms with Gasteiger partial charge in [-0.05, 0) is 37.0 Å². The molecule has 2 heteroatoms. The van der Waals surface area contributed by atoms with E-state index in [-0.39, 0.29) is 11.3 Å². The number of nitrogens with two attached hydrogens (primary N) is 1. The normalized spacial score (nSPS) is 34.4. The first-order chi connectivity index (χ1) is 5.71. The van der Waals surface area contributed by atoms with Crippen molar-refractivity contribution in [3.8, 4) is 0 Å². The zero-order chi connectivity index (χ0) is 8.60. The highest BCUT2D eigenvalue weighted by Crippen LogP contribution is 2.34. The van der Waals surface area contributed by atoms with Crippen LogP contribution in [0.2, 0.25) is 0 Å². The van der Waals surface area contributed by atoms with Gasteiger partial charge < -0.3 is 5.73 Å². The van der Waals surface area contributed by atoms with Gasteiger partial charge >= 0.3 is 0 Å². The van der Waals surface area contributed by atoms with Gasteiger partial charge in [-0.3, -0.25) is 4.79 Å². The van der Waals surface area contributed by atoms with Crippen LogP contribution in [0.15, 0.2) is 23.8 Å². The van der Waals surface area contributed by atoms with E-state index in [9.17, 15) is 4.79 Å². The Bertz CT molecular complexity index is 278. The highest BCUT2D eigenvalue weighted by atomic mass is 16.1. The van der Waals surface area contributed by atoms with E-state index in [1.165, 1.54) is 12.8 Å². The number of ketones is 1. The lowest BCUT2D eigenvalue weighted by molar-refractivity contribution is -0.110. The summed E-state index contributed by atoms with van der Waals surface area (Å²) in [7, 11) is 0. The predicted molar refractivity (Wildman–Crippen MR) is 47.6 cm³/mol. The SMILES string of the molecule is NC12C=CC(=O)C=C1CCCC2. The van der Waals surface area contributed by atoms with Crippen LogP contribution < -0.4 is 5.73 Å². The molecule has 12 heavy (non-hydrogen) atoms. The summed E-state index contributed by atoms with van der Waals surface area (Å²) in [6, 6.07) is 0. The van der Waals surface area contributed by atoms with Crippen molar-refractivity contribution in [2.75, 3.05) is 0 Å². The van der Waals surface area contributed by atoms with Gasteiger partial charge in [0, 0.05) is 0 Å². The Hall–Kier alpha value is -0.890. The Morgan fingerprint density at radius 2 is 2.25 bits per heavy atom. The molecule has 2 rings (SSSR count). The first-order valence-electron chi connectivity index (χ1n) is 4.44. The highest BCUT2D eigenvalue weighted by Gasteiger charge is 2.31. The molecule has 2 N–H and O–H groups in total. The second-order valence-electron chi connectivity index (χ2n) is 3.65. The van der Waals surface area contributed by atoms with Crippen LogP contribution in [0.3, 0.4) is 0 Å². The van der Waals surface area contributed by atoms with Gasteiger partial charge in [0.05, 0.1) is 5.54 Å². The van der Waals surface area contributed by atoms with E-state index in [4.69, 9.17) is 5.73 Å². The number of carbonyl (C=O) groups excluding carboxylic acids is 1. The summed E-state index contributed by atoms with van der Waals surface area (Å²) in [6.45, 7) is 0. The molecular weight excluding hydrogens is 150 g/mol. The molecule has 0 aromatic heterocycles. The van der Waals surface area contributed by atoms with Crippen LogP contribution in [0, 0.1) is 0 Å². The lowest BCUT2D eigenvalue weighted by atomic mass is 9.75. The Labute approximate surface area is 72.1 Å². The summed E-state index contributed by atoms with van der Waals surface area (Å²) in [5, 5.41) is 0. The highest BCUT2D eigenvalue weighted by molar-refractivity contribution is 6.01. The number of allylic oxidation sites excluding steroid dienone is 2. The minimum atomic E-state index is -0.286. The van der Waals surface area contributed by atoms with Crippen LogP contribution in [0.1, 0.15) is 25.7 Å². The standard InChI is InChI=1S/C10H13NO/c11-10-5-2-1-3-8(10)7-9(12)4-6-10/h4,6-7H,1-3,5,11H2. The Balaban J connectivity index is 2.34. The molecule has 0 heterocycles. The van der Waals surface area contributed by atoms with Crippen molar-refractivity contribution in [2.45, 2.75) is 31.2 Å². The van der Waals surface area contributed by atoms with Crippen molar-refractivity contribution >= 4 is 5.78 Å². The zero-order valence-electron chi connectivity index (χ0n) is 7.05. The Morgan fingerprint density at radius 3 is 3.08 bits per heavy atom. The van der Waals surface area contributed by atoms with Gasteiger partial charge in [0.1, 0.15) is 0 Å². The van der Waals surface area contributed by atoms with E-state index in [1.807, 2.05) is 6.08 Å². The van der Waals surface area contributed by atoms with Crippen LogP contribution in [0.25, 0.3) is 0 Å². The molecule has 2 nitrogen and oxygen atoms in total. The van der Waals surface area contributed by atoms with Crippen LogP contribution in [-0.4, -0.2) is 11.3 Å². The topological polar surface area (TPSA) is 43.1 Å². The fourth-order valence-corrected chi connectivity index (χ4v) is 1.97. The molecule has 0 amide bonds. The first-order valence-corrected chi connectivity index (χ1v) is 4.44. The van der Waals surface area contributed by atoms with E-state index in [1.54, 1.807) is 12.2 Å². The van der Waals surface area contributed by atoms with E-state index in [0.29, 0.717) is 0 Å². The fraction of sp³-hybridized carbons (Fsp3) is 0.500. The summed E-state index contributed by atoms with van der Waals surface area (Å²) in [5.41, 5.74) is 6.96. The number of fused-ring (bicyclic) bond motifs is 1. The molecule has 0 radical (unpaired) electrons. The maximum Gasteiger partial charge on any atom is 0.178 e. The maximum absolute atomic E-state index is 11.0. The van der Waals surface area contributed by atoms with Crippen LogP contribution in [0.5, 0.6) is 0 Å². The molecule has 0 aromatic carbocycles. The molecule has 0 aliphatic heterocycles. The molecule has 64 valence electrons. The van der Waals surface area contributed by atoms with Gasteiger partial charge in [-0.1, -0.05) is 12.5 Å².